The summed E-state index contributed by atoms with van der Waals surface area (Å²) in [6.07, 6.45) is 0. The molecule has 0 heterocycles. The summed E-state index contributed by atoms with van der Waals surface area (Å²) in [4.78, 5) is 12.3. The molecule has 0 radical (unpaired) electrons. The van der Waals surface area contributed by atoms with Crippen LogP contribution < -0.4 is 9.15 Å². The zero-order valence-electron chi connectivity index (χ0n) is 9.79. The Labute approximate surface area is 149 Å². The molecule has 20 heavy (non-hydrogen) atoms. The molecule has 1 N–H and O–H groups in total. The molecule has 0 aromatic heterocycles. The second-order valence-corrected chi connectivity index (χ2v) is 6.57. The van der Waals surface area contributed by atoms with Gasteiger partial charge in [-0.3, -0.25) is 4.79 Å². The Morgan fingerprint density at radius 1 is 1.00 bits per heavy atom. The number of amides is 1. The van der Waals surface area contributed by atoms with Gasteiger partial charge in [-0.25, -0.2) is 0 Å². The average Bonchev–Trinajstić information content (AvgIpc) is 2.44. The van der Waals surface area contributed by atoms with E-state index in [0.29, 0.717) is 21.5 Å². The Morgan fingerprint density at radius 2 is 1.70 bits per heavy atom. The lowest BCUT2D eigenvalue weighted by Crippen LogP contribution is -2.13. The predicted octanol–water partition coefficient (Wildman–Crippen LogP) is 5.92. The minimum atomic E-state index is -0.264. The third kappa shape index (κ3) is 3.44. The monoisotopic (exact) mass is 525 g/mol. The van der Waals surface area contributed by atoms with Crippen LogP contribution in [0.3, 0.4) is 0 Å². The first-order chi connectivity index (χ1) is 9.54. The van der Waals surface area contributed by atoms with E-state index in [1.165, 1.54) is 0 Å². The van der Waals surface area contributed by atoms with Gasteiger partial charge in [-0.2, -0.15) is 0 Å². The minimum Gasteiger partial charge on any atom is -0.416 e. The summed E-state index contributed by atoms with van der Waals surface area (Å²) in [6, 6.07) is 10.8. The highest BCUT2D eigenvalue weighted by molar-refractivity contribution is 9.13. The molecule has 0 aliphatic rings. The molecule has 0 atom stereocenters. The van der Waals surface area contributed by atoms with Crippen LogP contribution in [0.1, 0.15) is 10.4 Å². The van der Waals surface area contributed by atoms with Gasteiger partial charge in [-0.15, -0.1) is 0 Å². The van der Waals surface area contributed by atoms with Crippen LogP contribution in [-0.4, -0.2) is 5.91 Å². The van der Waals surface area contributed by atoms with Crippen LogP contribution in [0.4, 0.5) is 5.69 Å². The zero-order valence-corrected chi connectivity index (χ0v) is 16.1. The fourth-order valence-electron chi connectivity index (χ4n) is 1.54. The largest absolute Gasteiger partial charge is 0.416 e. The van der Waals surface area contributed by atoms with Gasteiger partial charge in [-0.1, -0.05) is 12.1 Å². The molecule has 1 amide bonds. The first-order valence-electron chi connectivity index (χ1n) is 5.37. The van der Waals surface area contributed by atoms with Gasteiger partial charge < -0.3 is 9.15 Å². The van der Waals surface area contributed by atoms with E-state index in [1.54, 1.807) is 12.1 Å². The number of carbonyl (C=O) groups excluding carboxylic acids is 1. The maximum atomic E-state index is 12.3. The first-order valence-corrected chi connectivity index (χ1v) is 8.39. The number of para-hydroxylation sites is 1. The highest BCUT2D eigenvalue weighted by Gasteiger charge is 2.18. The van der Waals surface area contributed by atoms with Gasteiger partial charge in [0.1, 0.15) is 0 Å². The van der Waals surface area contributed by atoms with Gasteiger partial charge in [0.2, 0.25) is 0 Å². The molecule has 0 bridgehead atoms. The summed E-state index contributed by atoms with van der Waals surface area (Å²) in [6.45, 7) is 0. The van der Waals surface area contributed by atoms with Crippen molar-refractivity contribution in [3.63, 3.8) is 0 Å². The molecule has 2 aromatic carbocycles. The van der Waals surface area contributed by atoms with Crippen LogP contribution in [0.15, 0.2) is 49.8 Å². The third-order valence-corrected chi connectivity index (χ3v) is 5.49. The summed E-state index contributed by atoms with van der Waals surface area (Å²) < 4.78 is 7.38. The normalized spacial score (nSPS) is 10.2. The molecule has 0 aliphatic carbocycles. The van der Waals surface area contributed by atoms with Gasteiger partial charge in [0.15, 0.2) is 22.0 Å². The molecular weight excluding hydrogens is 522 g/mol. The Bertz CT molecular complexity index is 661. The molecule has 0 saturated heterocycles. The van der Waals surface area contributed by atoms with Crippen molar-refractivity contribution < 1.29 is 8.62 Å². The van der Waals surface area contributed by atoms with E-state index in [-0.39, 0.29) is 5.91 Å². The number of carbonyl (C=O) groups is 1. The van der Waals surface area contributed by atoms with E-state index in [4.69, 9.17) is 3.83 Å². The lowest BCUT2D eigenvalue weighted by molar-refractivity contribution is 0.102. The van der Waals surface area contributed by atoms with Crippen LogP contribution in [0.5, 0.6) is 5.75 Å². The van der Waals surface area contributed by atoms with Crippen LogP contribution in [0, 0.1) is 0 Å². The van der Waals surface area contributed by atoms with Crippen molar-refractivity contribution in [2.75, 3.05) is 5.32 Å². The molecule has 0 fully saturated rings. The topological polar surface area (TPSA) is 38.3 Å². The van der Waals surface area contributed by atoms with E-state index in [1.807, 2.05) is 24.3 Å². The smallest absolute Gasteiger partial charge is 0.259 e. The SMILES string of the molecule is O=C(Nc1ccccc1Br)c1ccc(Br)c(Br)c1OBr. The van der Waals surface area contributed by atoms with Crippen molar-refractivity contribution in [1.82, 2.24) is 0 Å². The van der Waals surface area contributed by atoms with E-state index in [0.717, 1.165) is 8.95 Å². The molecule has 104 valence electrons. The predicted molar refractivity (Wildman–Crippen MR) is 93.5 cm³/mol. The van der Waals surface area contributed by atoms with E-state index in [2.05, 4.69) is 69.4 Å². The summed E-state index contributed by atoms with van der Waals surface area (Å²) in [5.74, 6) is 0.142. The molecule has 2 aromatic rings. The summed E-state index contributed by atoms with van der Waals surface area (Å²) in [7, 11) is 0. The van der Waals surface area contributed by atoms with Crippen LogP contribution in [0.2, 0.25) is 0 Å². The number of benzene rings is 2. The van der Waals surface area contributed by atoms with Crippen molar-refractivity contribution >= 4 is 75.6 Å². The number of anilines is 1. The molecule has 2 rings (SSSR count). The molecule has 3 nitrogen and oxygen atoms in total. The lowest BCUT2D eigenvalue weighted by atomic mass is 10.2. The Kier molecular flexibility index (Phi) is 5.65. The zero-order chi connectivity index (χ0) is 14.7. The number of rotatable bonds is 3. The highest BCUT2D eigenvalue weighted by Crippen LogP contribution is 2.37. The molecule has 0 saturated carbocycles. The summed E-state index contributed by atoms with van der Waals surface area (Å²) in [5, 5.41) is 2.83. The Morgan fingerprint density at radius 3 is 2.35 bits per heavy atom. The number of halogens is 4. The second-order valence-electron chi connectivity index (χ2n) is 3.75. The number of hydrogen-bond donors (Lipinski definition) is 1. The van der Waals surface area contributed by atoms with Crippen LogP contribution in [0.25, 0.3) is 0 Å². The number of hydrogen-bond acceptors (Lipinski definition) is 2. The van der Waals surface area contributed by atoms with Crippen molar-refractivity contribution in [2.45, 2.75) is 0 Å². The van der Waals surface area contributed by atoms with E-state index in [9.17, 15) is 4.79 Å². The Balaban J connectivity index is 2.35. The van der Waals surface area contributed by atoms with Crippen LogP contribution in [-0.2, 0) is 0 Å². The van der Waals surface area contributed by atoms with E-state index < -0.39 is 0 Å². The molecule has 7 heteroatoms. The summed E-state index contributed by atoms with van der Waals surface area (Å²) >= 11 is 13.0. The standard InChI is InChI=1S/C13H7Br4NO2/c14-8-3-1-2-4-10(8)18-13(19)7-5-6-9(15)11(16)12(7)20-17/h1-6H,(H,18,19). The van der Waals surface area contributed by atoms with Crippen LogP contribution >= 0.6 is 64.0 Å². The molecule has 0 aliphatic heterocycles. The van der Waals surface area contributed by atoms with E-state index >= 15 is 0 Å². The molecule has 0 spiro atoms. The number of nitrogens with one attached hydrogen (secondary N) is 1. The third-order valence-electron chi connectivity index (χ3n) is 2.49. The maximum Gasteiger partial charge on any atom is 0.259 e. The minimum absolute atomic E-state index is 0.264. The fraction of sp³-hybridized carbons (Fsp3) is 0. The van der Waals surface area contributed by atoms with Crippen molar-refractivity contribution in [3.8, 4) is 5.75 Å². The second kappa shape index (κ2) is 7.06. The molecule has 0 unspecified atom stereocenters. The van der Waals surface area contributed by atoms with Gasteiger partial charge in [0.05, 0.1) is 15.7 Å². The fourth-order valence-corrected chi connectivity index (χ4v) is 3.21. The van der Waals surface area contributed by atoms with Crippen molar-refractivity contribution in [1.29, 1.82) is 0 Å². The van der Waals surface area contributed by atoms with Gasteiger partial charge in [0.25, 0.3) is 5.91 Å². The quantitative estimate of drug-likeness (QED) is 0.537. The van der Waals surface area contributed by atoms with Crippen molar-refractivity contribution in [2.24, 2.45) is 0 Å². The molecular formula is C13H7Br4NO2. The van der Waals surface area contributed by atoms with Gasteiger partial charge >= 0.3 is 0 Å². The lowest BCUT2D eigenvalue weighted by Gasteiger charge is -2.11. The maximum absolute atomic E-state index is 12.3. The van der Waals surface area contributed by atoms with Crippen molar-refractivity contribution in [3.05, 3.63) is 55.4 Å². The van der Waals surface area contributed by atoms with Gasteiger partial charge in [0, 0.05) is 8.95 Å². The van der Waals surface area contributed by atoms with Gasteiger partial charge in [-0.05, 0) is 72.1 Å². The Hall–Kier alpha value is -0.370. The highest BCUT2D eigenvalue weighted by atomic mass is 79.9. The first kappa shape index (κ1) is 16.0. The summed E-state index contributed by atoms with van der Waals surface area (Å²) in [5.41, 5.74) is 1.10. The average molecular weight is 529 g/mol.